The van der Waals surface area contributed by atoms with Gasteiger partial charge in [-0.05, 0) is 69.7 Å². The molecule has 1 amide bonds. The van der Waals surface area contributed by atoms with Gasteiger partial charge in [0.1, 0.15) is 5.58 Å². The molecule has 5 heteroatoms. The summed E-state index contributed by atoms with van der Waals surface area (Å²) in [5.74, 6) is 0.898. The van der Waals surface area contributed by atoms with Crippen LogP contribution in [0.2, 0.25) is 0 Å². The number of piperidine rings is 1. The third-order valence-electron chi connectivity index (χ3n) is 6.59. The maximum atomic E-state index is 12.9. The number of nitrogens with zero attached hydrogens (tertiary/aromatic N) is 2. The number of benzene rings is 1. The van der Waals surface area contributed by atoms with Gasteiger partial charge in [0.2, 0.25) is 5.91 Å². The highest BCUT2D eigenvalue weighted by Crippen LogP contribution is 2.26. The van der Waals surface area contributed by atoms with Gasteiger partial charge in [-0.3, -0.25) is 9.69 Å². The molecule has 158 valence electrons. The average molecular weight is 399 g/mol. The van der Waals surface area contributed by atoms with E-state index in [1.54, 1.807) is 6.26 Å². The quantitative estimate of drug-likeness (QED) is 0.783. The molecule has 2 atom stereocenters. The van der Waals surface area contributed by atoms with Crippen molar-refractivity contribution in [2.45, 2.75) is 59.2 Å². The third kappa shape index (κ3) is 4.67. The number of carbonyl (C=O) groups is 1. The predicted molar refractivity (Wildman–Crippen MR) is 115 cm³/mol. The zero-order valence-electron chi connectivity index (χ0n) is 18.2. The molecule has 2 fully saturated rings. The Morgan fingerprint density at radius 2 is 1.72 bits per heavy atom. The van der Waals surface area contributed by atoms with E-state index in [2.05, 4.69) is 44.7 Å². The third-order valence-corrected chi connectivity index (χ3v) is 6.59. The first-order valence-electron chi connectivity index (χ1n) is 11.0. The van der Waals surface area contributed by atoms with E-state index in [4.69, 9.17) is 9.15 Å². The van der Waals surface area contributed by atoms with E-state index in [1.807, 2.05) is 4.90 Å². The van der Waals surface area contributed by atoms with Crippen LogP contribution in [0.4, 0.5) is 0 Å². The second-order valence-corrected chi connectivity index (χ2v) is 9.17. The van der Waals surface area contributed by atoms with Crippen molar-refractivity contribution in [1.82, 2.24) is 9.80 Å². The number of morpholine rings is 1. The number of aryl methyl sites for hydroxylation is 2. The van der Waals surface area contributed by atoms with E-state index in [0.717, 1.165) is 62.1 Å². The van der Waals surface area contributed by atoms with Crippen molar-refractivity contribution in [2.24, 2.45) is 5.92 Å². The standard InChI is InChI=1S/C24H34N2O3/c1-16-9-22-21(15-28-23(22)10-17(16)2)11-24(27)26-7-5-20(6-8-26)14-25-12-18(3)29-19(4)13-25/h9-10,15,18-20H,5-8,11-14H2,1-4H3. The maximum absolute atomic E-state index is 12.9. The molecule has 0 bridgehead atoms. The number of ether oxygens (including phenoxy) is 1. The molecule has 0 radical (unpaired) electrons. The Labute approximate surface area is 174 Å². The van der Waals surface area contributed by atoms with Gasteiger partial charge in [0, 0.05) is 43.7 Å². The van der Waals surface area contributed by atoms with E-state index in [-0.39, 0.29) is 5.91 Å². The Bertz CT molecular complexity index is 856. The maximum Gasteiger partial charge on any atom is 0.227 e. The second kappa shape index (κ2) is 8.49. The number of hydrogen-bond donors (Lipinski definition) is 0. The Morgan fingerprint density at radius 3 is 2.41 bits per heavy atom. The summed E-state index contributed by atoms with van der Waals surface area (Å²) in [6, 6.07) is 4.21. The van der Waals surface area contributed by atoms with Crippen LogP contribution in [0.1, 0.15) is 43.4 Å². The highest BCUT2D eigenvalue weighted by Gasteiger charge is 2.28. The zero-order valence-corrected chi connectivity index (χ0v) is 18.2. The van der Waals surface area contributed by atoms with Crippen LogP contribution in [0.25, 0.3) is 11.0 Å². The first kappa shape index (κ1) is 20.4. The summed E-state index contributed by atoms with van der Waals surface area (Å²) >= 11 is 0. The highest BCUT2D eigenvalue weighted by molar-refractivity contribution is 5.88. The molecule has 5 nitrogen and oxygen atoms in total. The summed E-state index contributed by atoms with van der Waals surface area (Å²) in [6.45, 7) is 13.4. The monoisotopic (exact) mass is 398 g/mol. The first-order valence-corrected chi connectivity index (χ1v) is 11.0. The van der Waals surface area contributed by atoms with Crippen LogP contribution in [0, 0.1) is 19.8 Å². The molecule has 4 rings (SSSR count). The van der Waals surface area contributed by atoms with E-state index in [1.165, 1.54) is 11.1 Å². The first-order chi connectivity index (χ1) is 13.9. The number of likely N-dealkylation sites (tertiary alicyclic amines) is 1. The average Bonchev–Trinajstić information content (AvgIpc) is 3.03. The van der Waals surface area contributed by atoms with Gasteiger partial charge in [-0.2, -0.15) is 0 Å². The van der Waals surface area contributed by atoms with Gasteiger partial charge in [-0.25, -0.2) is 0 Å². The van der Waals surface area contributed by atoms with Gasteiger partial charge < -0.3 is 14.1 Å². The molecule has 1 aromatic heterocycles. The fourth-order valence-electron chi connectivity index (χ4n) is 4.91. The SMILES string of the molecule is Cc1cc2occ(CC(=O)N3CCC(CN4CC(C)OC(C)C4)CC3)c2cc1C. The van der Waals surface area contributed by atoms with Gasteiger partial charge in [0.05, 0.1) is 24.9 Å². The molecule has 2 aliphatic heterocycles. The molecule has 1 aromatic carbocycles. The minimum Gasteiger partial charge on any atom is -0.464 e. The van der Waals surface area contributed by atoms with Gasteiger partial charge >= 0.3 is 0 Å². The molecule has 29 heavy (non-hydrogen) atoms. The number of rotatable bonds is 4. The molecule has 0 aliphatic carbocycles. The summed E-state index contributed by atoms with van der Waals surface area (Å²) in [7, 11) is 0. The Morgan fingerprint density at radius 1 is 1.07 bits per heavy atom. The van der Waals surface area contributed by atoms with E-state index >= 15 is 0 Å². The summed E-state index contributed by atoms with van der Waals surface area (Å²) in [4.78, 5) is 17.5. The lowest BCUT2D eigenvalue weighted by atomic mass is 9.95. The topological polar surface area (TPSA) is 45.9 Å². The Balaban J connectivity index is 1.31. The summed E-state index contributed by atoms with van der Waals surface area (Å²) in [5, 5.41) is 1.08. The van der Waals surface area contributed by atoms with Crippen LogP contribution in [0.15, 0.2) is 22.8 Å². The molecule has 2 unspecified atom stereocenters. The van der Waals surface area contributed by atoms with Crippen LogP contribution in [0.3, 0.4) is 0 Å². The highest BCUT2D eigenvalue weighted by atomic mass is 16.5. The summed E-state index contributed by atoms with van der Waals surface area (Å²) in [5.41, 5.74) is 4.34. The van der Waals surface area contributed by atoms with Crippen molar-refractivity contribution in [3.05, 3.63) is 35.1 Å². The van der Waals surface area contributed by atoms with Gasteiger partial charge in [-0.1, -0.05) is 0 Å². The smallest absolute Gasteiger partial charge is 0.227 e. The van der Waals surface area contributed by atoms with Gasteiger partial charge in [0.15, 0.2) is 0 Å². The number of hydrogen-bond acceptors (Lipinski definition) is 4. The normalized spacial score (nSPS) is 24.3. The van der Waals surface area contributed by atoms with Crippen LogP contribution in [-0.4, -0.2) is 60.6 Å². The van der Waals surface area contributed by atoms with E-state index in [9.17, 15) is 4.79 Å². The van der Waals surface area contributed by atoms with Gasteiger partial charge in [0.25, 0.3) is 0 Å². The molecule has 2 aromatic rings. The molecule has 0 saturated carbocycles. The lowest BCUT2D eigenvalue weighted by molar-refractivity contribution is -0.132. The summed E-state index contributed by atoms with van der Waals surface area (Å²) in [6.07, 6.45) is 5.01. The predicted octanol–water partition coefficient (Wildman–Crippen LogP) is 3.94. The van der Waals surface area contributed by atoms with Crippen molar-refractivity contribution >= 4 is 16.9 Å². The van der Waals surface area contributed by atoms with Crippen LogP contribution in [-0.2, 0) is 16.0 Å². The van der Waals surface area contributed by atoms with E-state index < -0.39 is 0 Å². The van der Waals surface area contributed by atoms with Crippen LogP contribution < -0.4 is 0 Å². The van der Waals surface area contributed by atoms with Crippen molar-refractivity contribution in [1.29, 1.82) is 0 Å². The van der Waals surface area contributed by atoms with Crippen LogP contribution in [0.5, 0.6) is 0 Å². The molecule has 0 spiro atoms. The minimum absolute atomic E-state index is 0.220. The van der Waals surface area contributed by atoms with Gasteiger partial charge in [-0.15, -0.1) is 0 Å². The molecular formula is C24H34N2O3. The van der Waals surface area contributed by atoms with Crippen LogP contribution >= 0.6 is 0 Å². The molecule has 0 N–H and O–H groups in total. The zero-order chi connectivity index (χ0) is 20.5. The van der Waals surface area contributed by atoms with Crippen molar-refractivity contribution in [3.63, 3.8) is 0 Å². The second-order valence-electron chi connectivity index (χ2n) is 9.17. The largest absolute Gasteiger partial charge is 0.464 e. The molecule has 2 saturated heterocycles. The van der Waals surface area contributed by atoms with Crippen molar-refractivity contribution in [3.8, 4) is 0 Å². The van der Waals surface area contributed by atoms with E-state index in [0.29, 0.717) is 24.5 Å². The lowest BCUT2D eigenvalue weighted by Gasteiger charge is -2.39. The lowest BCUT2D eigenvalue weighted by Crippen LogP contribution is -2.48. The molecular weight excluding hydrogens is 364 g/mol. The minimum atomic E-state index is 0.220. The molecule has 3 heterocycles. The summed E-state index contributed by atoms with van der Waals surface area (Å²) < 4.78 is 11.6. The Hall–Kier alpha value is -1.85. The molecule has 2 aliphatic rings. The fourth-order valence-corrected chi connectivity index (χ4v) is 4.91. The number of fused-ring (bicyclic) bond motifs is 1. The number of amides is 1. The number of carbonyl (C=O) groups excluding carboxylic acids is 1. The fraction of sp³-hybridized carbons (Fsp3) is 0.625. The number of furan rings is 1. The van der Waals surface area contributed by atoms with Crippen molar-refractivity contribution in [2.75, 3.05) is 32.7 Å². The van der Waals surface area contributed by atoms with Crippen molar-refractivity contribution < 1.29 is 13.9 Å². The Kier molecular flexibility index (Phi) is 5.98.